The number of aliphatic hydroxyl groups excluding tert-OH is 1. The number of nitrogens with two attached hydrogens (primary N) is 1. The van der Waals surface area contributed by atoms with Crippen LogP contribution in [0, 0.1) is 0 Å². The number of tetrazole rings is 1. The summed E-state index contributed by atoms with van der Waals surface area (Å²) >= 11 is 0. The zero-order chi connectivity index (χ0) is 35.0. The molecular weight excluding hydrogens is 659 g/mol. The lowest BCUT2D eigenvalue weighted by Gasteiger charge is -2.23. The Kier molecular flexibility index (Phi) is 9.06. The highest BCUT2D eigenvalue weighted by atomic mass is 19.4. The van der Waals surface area contributed by atoms with E-state index in [0.717, 1.165) is 11.1 Å². The molecule has 5 heterocycles. The number of anilines is 2. The van der Waals surface area contributed by atoms with Gasteiger partial charge in [-0.15, -0.1) is 10.2 Å². The number of carbonyl (C=O) groups excluding carboxylic acids is 1. The first-order valence-electron chi connectivity index (χ1n) is 16.1. The van der Waals surface area contributed by atoms with Crippen LogP contribution < -0.4 is 16.0 Å². The Balaban J connectivity index is 1.29. The SMILES string of the molecule is CCn1nnc([C@H]2O[C@@H](n3cnc4c(NCC(c5ccccc5)c5ccccc5)nc(N5CC[C@@H](N)C5)nc43)[C@H](OC(=O)C(F)(F)F)[C@@H]2O)n1. The summed E-state index contributed by atoms with van der Waals surface area (Å²) in [6, 6.07) is 19.8. The highest BCUT2D eigenvalue weighted by molar-refractivity contribution is 5.84. The van der Waals surface area contributed by atoms with Crippen LogP contribution in [-0.2, 0) is 20.8 Å². The third-order valence-corrected chi connectivity index (χ3v) is 8.76. The lowest BCUT2D eigenvalue weighted by atomic mass is 9.91. The van der Waals surface area contributed by atoms with E-state index in [4.69, 9.17) is 25.2 Å². The van der Waals surface area contributed by atoms with E-state index in [-0.39, 0.29) is 28.9 Å². The van der Waals surface area contributed by atoms with Gasteiger partial charge in [0, 0.05) is 31.6 Å². The molecule has 3 aromatic heterocycles. The van der Waals surface area contributed by atoms with Crippen LogP contribution in [0.4, 0.5) is 24.9 Å². The molecule has 4 N–H and O–H groups in total. The van der Waals surface area contributed by atoms with Crippen LogP contribution >= 0.6 is 0 Å². The molecule has 0 aliphatic carbocycles. The monoisotopic (exact) mass is 693 g/mol. The van der Waals surface area contributed by atoms with Gasteiger partial charge in [0.25, 0.3) is 0 Å². The second-order valence-corrected chi connectivity index (χ2v) is 12.1. The largest absolute Gasteiger partial charge is 0.490 e. The fourth-order valence-electron chi connectivity index (χ4n) is 6.23. The normalized spacial score (nSPS) is 22.5. The van der Waals surface area contributed by atoms with E-state index in [2.05, 4.69) is 25.7 Å². The smallest absolute Gasteiger partial charge is 0.448 e. The van der Waals surface area contributed by atoms with Crippen LogP contribution in [0.15, 0.2) is 67.0 Å². The van der Waals surface area contributed by atoms with Gasteiger partial charge in [0.15, 0.2) is 35.4 Å². The second-order valence-electron chi connectivity index (χ2n) is 12.1. The zero-order valence-corrected chi connectivity index (χ0v) is 26.8. The number of hydrogen-bond acceptors (Lipinski definition) is 13. The Morgan fingerprint density at radius 1 is 1.12 bits per heavy atom. The van der Waals surface area contributed by atoms with Gasteiger partial charge < -0.3 is 30.5 Å². The summed E-state index contributed by atoms with van der Waals surface area (Å²) in [7, 11) is 0. The van der Waals surface area contributed by atoms with Crippen molar-refractivity contribution < 1.29 is 32.5 Å². The molecule has 7 rings (SSSR count). The number of fused-ring (bicyclic) bond motifs is 1. The lowest BCUT2D eigenvalue weighted by Crippen LogP contribution is -2.38. The highest BCUT2D eigenvalue weighted by Crippen LogP contribution is 2.42. The molecule has 50 heavy (non-hydrogen) atoms. The maximum atomic E-state index is 13.4. The Morgan fingerprint density at radius 2 is 1.82 bits per heavy atom. The van der Waals surface area contributed by atoms with Crippen molar-refractivity contribution in [2.24, 2.45) is 5.73 Å². The number of benzene rings is 2. The summed E-state index contributed by atoms with van der Waals surface area (Å²) < 4.78 is 52.5. The van der Waals surface area contributed by atoms with Crippen molar-refractivity contribution in [2.45, 2.75) is 62.6 Å². The van der Waals surface area contributed by atoms with Crippen LogP contribution in [0.2, 0.25) is 0 Å². The first-order valence-corrected chi connectivity index (χ1v) is 16.1. The number of ether oxygens (including phenoxy) is 2. The highest BCUT2D eigenvalue weighted by Gasteiger charge is 2.53. The molecular formula is C32H34F3N11O4. The van der Waals surface area contributed by atoms with Gasteiger partial charge in [-0.05, 0) is 29.7 Å². The molecule has 2 aromatic carbocycles. The van der Waals surface area contributed by atoms with E-state index >= 15 is 0 Å². The van der Waals surface area contributed by atoms with Gasteiger partial charge in [-0.25, -0.2) is 9.78 Å². The molecule has 0 spiro atoms. The van der Waals surface area contributed by atoms with Crippen molar-refractivity contribution in [3.63, 3.8) is 0 Å². The molecule has 0 amide bonds. The van der Waals surface area contributed by atoms with Crippen molar-refractivity contribution in [3.05, 3.63) is 83.9 Å². The van der Waals surface area contributed by atoms with Crippen LogP contribution in [0.5, 0.6) is 0 Å². The lowest BCUT2D eigenvalue weighted by molar-refractivity contribution is -0.211. The van der Waals surface area contributed by atoms with Gasteiger partial charge in [-0.2, -0.15) is 27.9 Å². The third-order valence-electron chi connectivity index (χ3n) is 8.76. The van der Waals surface area contributed by atoms with Crippen LogP contribution in [0.3, 0.4) is 0 Å². The summed E-state index contributed by atoms with van der Waals surface area (Å²) in [5.74, 6) is -2.03. The average molecular weight is 694 g/mol. The molecule has 2 aliphatic rings. The van der Waals surface area contributed by atoms with Crippen molar-refractivity contribution >= 4 is 28.9 Å². The standard InChI is InChI=1S/C32H34F3N11O4/c1-2-46-42-27(41-43-46)24-23(47)25(50-30(48)32(33,34)35)29(49-24)45-17-38-22-26(39-31(40-28(22)45)44-14-13-20(36)16-44)37-15-21(18-9-5-3-6-10-18)19-11-7-4-8-12-19/h3-12,17,20-21,23-25,29,47H,2,13-16,36H2,1H3,(H,37,39,40)/t20-,23-,24+,25-,29-/m1/s1. The molecule has 0 saturated carbocycles. The summed E-state index contributed by atoms with van der Waals surface area (Å²) in [5.41, 5.74) is 8.77. The average Bonchev–Trinajstić information content (AvgIpc) is 3.92. The first kappa shape index (κ1) is 33.3. The van der Waals surface area contributed by atoms with E-state index in [1.807, 2.05) is 65.6 Å². The predicted octanol–water partition coefficient (Wildman–Crippen LogP) is 2.72. The first-order chi connectivity index (χ1) is 24.1. The maximum Gasteiger partial charge on any atom is 0.490 e. The summed E-state index contributed by atoms with van der Waals surface area (Å²) in [6.45, 7) is 3.53. The maximum absolute atomic E-state index is 13.4. The molecule has 2 saturated heterocycles. The number of rotatable bonds is 10. The van der Waals surface area contributed by atoms with E-state index in [1.165, 1.54) is 15.7 Å². The fourth-order valence-corrected chi connectivity index (χ4v) is 6.23. The Hall–Kier alpha value is -5.20. The molecule has 2 fully saturated rings. The number of aliphatic hydroxyl groups is 1. The minimum absolute atomic E-state index is 0.0857. The molecule has 262 valence electrons. The molecule has 0 radical (unpaired) electrons. The summed E-state index contributed by atoms with van der Waals surface area (Å²) in [4.78, 5) is 29.3. The number of imidazole rings is 1. The van der Waals surface area contributed by atoms with E-state index < -0.39 is 36.7 Å². The van der Waals surface area contributed by atoms with Gasteiger partial charge >= 0.3 is 12.1 Å². The number of esters is 1. The number of carbonyl (C=O) groups is 1. The van der Waals surface area contributed by atoms with Gasteiger partial charge in [0.2, 0.25) is 11.8 Å². The number of aromatic nitrogens is 8. The van der Waals surface area contributed by atoms with Gasteiger partial charge in [-0.1, -0.05) is 60.7 Å². The van der Waals surface area contributed by atoms with Crippen LogP contribution in [0.25, 0.3) is 11.2 Å². The fraction of sp³-hybridized carbons (Fsp3) is 0.406. The minimum Gasteiger partial charge on any atom is -0.448 e. The van der Waals surface area contributed by atoms with E-state index in [0.29, 0.717) is 44.4 Å². The van der Waals surface area contributed by atoms with Crippen molar-refractivity contribution in [3.8, 4) is 0 Å². The molecule has 0 unspecified atom stereocenters. The number of halogens is 3. The quantitative estimate of drug-likeness (QED) is 0.182. The molecule has 5 atom stereocenters. The molecule has 0 bridgehead atoms. The minimum atomic E-state index is -5.34. The van der Waals surface area contributed by atoms with Crippen molar-refractivity contribution in [2.75, 3.05) is 29.9 Å². The van der Waals surface area contributed by atoms with E-state index in [9.17, 15) is 23.1 Å². The van der Waals surface area contributed by atoms with Crippen molar-refractivity contribution in [1.29, 1.82) is 0 Å². The number of nitrogens with one attached hydrogen (secondary N) is 1. The number of nitrogens with zero attached hydrogens (tertiary/aromatic N) is 9. The van der Waals surface area contributed by atoms with Crippen molar-refractivity contribution in [1.82, 2.24) is 39.7 Å². The third kappa shape index (κ3) is 6.56. The summed E-state index contributed by atoms with van der Waals surface area (Å²) in [6.07, 6.45) is -9.90. The Bertz CT molecular complexity index is 1900. The molecule has 5 aromatic rings. The molecule has 18 heteroatoms. The molecule has 2 aliphatic heterocycles. The van der Waals surface area contributed by atoms with Crippen LogP contribution in [0.1, 0.15) is 48.5 Å². The predicted molar refractivity (Wildman–Crippen MR) is 172 cm³/mol. The number of aryl methyl sites for hydroxylation is 1. The summed E-state index contributed by atoms with van der Waals surface area (Å²) in [5, 5.41) is 26.6. The topological polar surface area (TPSA) is 184 Å². The van der Waals surface area contributed by atoms with Gasteiger partial charge in [0.05, 0.1) is 12.9 Å². The van der Waals surface area contributed by atoms with Gasteiger partial charge in [-0.3, -0.25) is 4.57 Å². The second kappa shape index (κ2) is 13.6. The van der Waals surface area contributed by atoms with Crippen LogP contribution in [-0.4, -0.2) is 94.9 Å². The Morgan fingerprint density at radius 3 is 2.42 bits per heavy atom. The molecule has 15 nitrogen and oxygen atoms in total. The van der Waals surface area contributed by atoms with E-state index in [1.54, 1.807) is 6.92 Å². The Labute approximate surface area is 283 Å². The van der Waals surface area contributed by atoms with Gasteiger partial charge in [0.1, 0.15) is 6.10 Å². The number of alkyl halides is 3. The number of hydrogen-bond donors (Lipinski definition) is 3. The zero-order valence-electron chi connectivity index (χ0n) is 26.8.